The maximum absolute atomic E-state index is 13.5. The molecule has 2 aromatic carbocycles. The molecule has 1 N–H and O–H groups in total. The average molecular weight is 370 g/mol. The van der Waals surface area contributed by atoms with Crippen molar-refractivity contribution in [2.75, 3.05) is 11.1 Å². The summed E-state index contributed by atoms with van der Waals surface area (Å²) in [5.74, 6) is -0.0722. The molecule has 0 fully saturated rings. The standard InChI is InChI=1S/C16H13F3N2O3S/c17-9-1-4-15-11(7-9)12(5-6-25-15)20-10-2-3-13(21(22)23)14(8-10)24-16(18)19/h1-4,7-8,12,16,20H,5-6H2. The third kappa shape index (κ3) is 3.98. The maximum Gasteiger partial charge on any atom is 0.387 e. The number of hydrogen-bond acceptors (Lipinski definition) is 5. The number of anilines is 1. The summed E-state index contributed by atoms with van der Waals surface area (Å²) in [6.07, 6.45) is 0.698. The molecule has 0 spiro atoms. The molecule has 5 nitrogen and oxygen atoms in total. The fraction of sp³-hybridized carbons (Fsp3) is 0.250. The highest BCUT2D eigenvalue weighted by atomic mass is 32.2. The number of benzene rings is 2. The van der Waals surface area contributed by atoms with Crippen LogP contribution in [0.3, 0.4) is 0 Å². The number of hydrogen-bond donors (Lipinski definition) is 1. The molecule has 3 rings (SSSR count). The Bertz CT molecular complexity index is 804. The average Bonchev–Trinajstić information content (AvgIpc) is 2.55. The molecule has 1 atom stereocenters. The molecule has 25 heavy (non-hydrogen) atoms. The second-order valence-electron chi connectivity index (χ2n) is 5.33. The molecule has 0 aromatic heterocycles. The van der Waals surface area contributed by atoms with E-state index in [1.807, 2.05) is 0 Å². The van der Waals surface area contributed by atoms with Crippen molar-refractivity contribution >= 4 is 23.1 Å². The number of nitro groups is 1. The van der Waals surface area contributed by atoms with Gasteiger partial charge in [-0.25, -0.2) is 4.39 Å². The monoisotopic (exact) mass is 370 g/mol. The van der Waals surface area contributed by atoms with E-state index in [9.17, 15) is 23.3 Å². The molecular weight excluding hydrogens is 357 g/mol. The number of rotatable bonds is 5. The van der Waals surface area contributed by atoms with E-state index in [0.717, 1.165) is 28.3 Å². The van der Waals surface area contributed by atoms with Gasteiger partial charge < -0.3 is 10.1 Å². The zero-order chi connectivity index (χ0) is 18.0. The third-order valence-corrected chi connectivity index (χ3v) is 4.85. The van der Waals surface area contributed by atoms with Crippen LogP contribution >= 0.6 is 11.8 Å². The van der Waals surface area contributed by atoms with Crippen molar-refractivity contribution in [2.45, 2.75) is 24.0 Å². The molecule has 0 saturated carbocycles. The highest BCUT2D eigenvalue weighted by molar-refractivity contribution is 7.99. The second kappa shape index (κ2) is 7.22. The van der Waals surface area contributed by atoms with Gasteiger partial charge in [-0.15, -0.1) is 11.8 Å². The SMILES string of the molecule is O=[N+]([O-])c1ccc(NC2CCSc3ccc(F)cc32)cc1OC(F)F. The summed E-state index contributed by atoms with van der Waals surface area (Å²) >= 11 is 1.61. The Morgan fingerprint density at radius 2 is 2.08 bits per heavy atom. The van der Waals surface area contributed by atoms with Gasteiger partial charge in [-0.3, -0.25) is 10.1 Å². The van der Waals surface area contributed by atoms with Crippen molar-refractivity contribution < 1.29 is 22.8 Å². The zero-order valence-electron chi connectivity index (χ0n) is 12.7. The number of nitro benzene ring substituents is 1. The second-order valence-corrected chi connectivity index (χ2v) is 6.47. The summed E-state index contributed by atoms with van der Waals surface area (Å²) in [4.78, 5) is 11.1. The summed E-state index contributed by atoms with van der Waals surface area (Å²) in [5, 5.41) is 14.0. The summed E-state index contributed by atoms with van der Waals surface area (Å²) in [6.45, 7) is -3.17. The van der Waals surface area contributed by atoms with Crippen LogP contribution in [0.25, 0.3) is 0 Å². The first-order chi connectivity index (χ1) is 11.9. The first-order valence-corrected chi connectivity index (χ1v) is 8.34. The number of nitrogens with zero attached hydrogens (tertiary/aromatic N) is 1. The van der Waals surface area contributed by atoms with Gasteiger partial charge in [0.15, 0.2) is 0 Å². The lowest BCUT2D eigenvalue weighted by atomic mass is 10.0. The Kier molecular flexibility index (Phi) is 5.03. The van der Waals surface area contributed by atoms with E-state index < -0.39 is 23.0 Å². The van der Waals surface area contributed by atoms with Crippen LogP contribution in [0.15, 0.2) is 41.3 Å². The first kappa shape index (κ1) is 17.4. The Hall–Kier alpha value is -2.42. The minimum atomic E-state index is -3.17. The van der Waals surface area contributed by atoms with Crippen molar-refractivity contribution in [3.8, 4) is 5.75 Å². The fourth-order valence-electron chi connectivity index (χ4n) is 2.66. The topological polar surface area (TPSA) is 64.4 Å². The molecule has 9 heteroatoms. The highest BCUT2D eigenvalue weighted by Crippen LogP contribution is 2.39. The Labute approximate surface area is 145 Å². The van der Waals surface area contributed by atoms with Crippen molar-refractivity contribution in [3.63, 3.8) is 0 Å². The number of nitrogens with one attached hydrogen (secondary N) is 1. The Morgan fingerprint density at radius 3 is 2.80 bits per heavy atom. The minimum Gasteiger partial charge on any atom is -0.427 e. The van der Waals surface area contributed by atoms with E-state index in [2.05, 4.69) is 10.1 Å². The molecule has 132 valence electrons. The van der Waals surface area contributed by atoms with Crippen molar-refractivity contribution in [1.29, 1.82) is 0 Å². The molecule has 0 bridgehead atoms. The van der Waals surface area contributed by atoms with Gasteiger partial charge in [0, 0.05) is 28.5 Å². The summed E-state index contributed by atoms with van der Waals surface area (Å²) in [6, 6.07) is 7.96. The summed E-state index contributed by atoms with van der Waals surface area (Å²) in [7, 11) is 0. The van der Waals surface area contributed by atoms with Crippen LogP contribution in [0.5, 0.6) is 5.75 Å². The van der Waals surface area contributed by atoms with Gasteiger partial charge in [-0.1, -0.05) is 0 Å². The van der Waals surface area contributed by atoms with Crippen LogP contribution in [-0.4, -0.2) is 17.3 Å². The summed E-state index contributed by atoms with van der Waals surface area (Å²) in [5.41, 5.74) is 0.607. The largest absolute Gasteiger partial charge is 0.427 e. The van der Waals surface area contributed by atoms with Crippen LogP contribution in [0.2, 0.25) is 0 Å². The van der Waals surface area contributed by atoms with Crippen molar-refractivity contribution in [2.24, 2.45) is 0 Å². The molecule has 1 heterocycles. The smallest absolute Gasteiger partial charge is 0.387 e. The van der Waals surface area contributed by atoms with Gasteiger partial charge in [-0.2, -0.15) is 8.78 Å². The number of ether oxygens (including phenoxy) is 1. The molecule has 2 aromatic rings. The van der Waals surface area contributed by atoms with Gasteiger partial charge in [0.25, 0.3) is 0 Å². The van der Waals surface area contributed by atoms with Gasteiger partial charge in [0.05, 0.1) is 11.0 Å². The van der Waals surface area contributed by atoms with Crippen LogP contribution in [0.1, 0.15) is 18.0 Å². The van der Waals surface area contributed by atoms with Crippen LogP contribution in [0, 0.1) is 15.9 Å². The van der Waals surface area contributed by atoms with Gasteiger partial charge in [-0.05, 0) is 36.2 Å². The normalized spacial score (nSPS) is 16.4. The van der Waals surface area contributed by atoms with E-state index in [0.29, 0.717) is 12.1 Å². The molecule has 1 unspecified atom stereocenters. The number of halogens is 3. The first-order valence-electron chi connectivity index (χ1n) is 7.36. The van der Waals surface area contributed by atoms with Crippen LogP contribution < -0.4 is 10.1 Å². The number of fused-ring (bicyclic) bond motifs is 1. The molecule has 1 aliphatic rings. The van der Waals surface area contributed by atoms with Crippen LogP contribution in [0.4, 0.5) is 24.5 Å². The minimum absolute atomic E-state index is 0.229. The van der Waals surface area contributed by atoms with Crippen LogP contribution in [-0.2, 0) is 0 Å². The third-order valence-electron chi connectivity index (χ3n) is 3.72. The molecule has 0 aliphatic carbocycles. The van der Waals surface area contributed by atoms with Gasteiger partial charge in [0.1, 0.15) is 5.82 Å². The van der Waals surface area contributed by atoms with E-state index in [4.69, 9.17) is 0 Å². The molecule has 1 aliphatic heterocycles. The van der Waals surface area contributed by atoms with Crippen molar-refractivity contribution in [3.05, 3.63) is 57.9 Å². The fourth-order valence-corrected chi connectivity index (χ4v) is 3.77. The van der Waals surface area contributed by atoms with Gasteiger partial charge >= 0.3 is 12.3 Å². The highest BCUT2D eigenvalue weighted by Gasteiger charge is 2.23. The lowest BCUT2D eigenvalue weighted by Gasteiger charge is -2.27. The zero-order valence-corrected chi connectivity index (χ0v) is 13.6. The number of thioether (sulfide) groups is 1. The Balaban J connectivity index is 1.89. The predicted octanol–water partition coefficient (Wildman–Crippen LogP) is 4.98. The van der Waals surface area contributed by atoms with E-state index in [1.165, 1.54) is 18.2 Å². The quantitative estimate of drug-likeness (QED) is 0.594. The predicted molar refractivity (Wildman–Crippen MR) is 87.8 cm³/mol. The lowest BCUT2D eigenvalue weighted by molar-refractivity contribution is -0.386. The van der Waals surface area contributed by atoms with E-state index >= 15 is 0 Å². The van der Waals surface area contributed by atoms with Gasteiger partial charge in [0.2, 0.25) is 5.75 Å². The van der Waals surface area contributed by atoms with E-state index in [1.54, 1.807) is 17.8 Å². The molecule has 0 saturated heterocycles. The van der Waals surface area contributed by atoms with E-state index in [-0.39, 0.29) is 11.9 Å². The summed E-state index contributed by atoms with van der Waals surface area (Å²) < 4.78 is 42.8. The number of alkyl halides is 2. The Morgan fingerprint density at radius 1 is 1.28 bits per heavy atom. The van der Waals surface area contributed by atoms with Crippen molar-refractivity contribution in [1.82, 2.24) is 0 Å². The molecule has 0 radical (unpaired) electrons. The molecular formula is C16H13F3N2O3S. The maximum atomic E-state index is 13.5. The molecule has 0 amide bonds. The lowest BCUT2D eigenvalue weighted by Crippen LogP contribution is -2.16.